The average molecular weight is 578 g/mol. The second-order valence-electron chi connectivity index (χ2n) is 10.2. The molecule has 39 heavy (non-hydrogen) atoms. The van der Waals surface area contributed by atoms with E-state index in [1.165, 1.54) is 17.5 Å². The van der Waals surface area contributed by atoms with Crippen molar-refractivity contribution in [3.05, 3.63) is 58.6 Å². The van der Waals surface area contributed by atoms with Crippen LogP contribution < -0.4 is 14.4 Å². The molecule has 1 saturated carbocycles. The standard InChI is InChI=1S/C29H40ClN3O5S/c1-5-26(29(35)31-23-12-6-7-13-23)32(20-22-11-8-10-21(2)18-22)28(34)14-9-17-33(39(4,36)37)24-15-16-27(38-3)25(30)19-24/h8,10-11,15-16,18-19,23,26H,5-7,9,12-14,17,20H2,1-4H3,(H,31,35)/t26-/m1/s1. The summed E-state index contributed by atoms with van der Waals surface area (Å²) in [5.41, 5.74) is 2.42. The highest BCUT2D eigenvalue weighted by Gasteiger charge is 2.30. The van der Waals surface area contributed by atoms with E-state index in [1.807, 2.05) is 38.1 Å². The van der Waals surface area contributed by atoms with E-state index in [-0.39, 0.29) is 37.2 Å². The van der Waals surface area contributed by atoms with Crippen LogP contribution >= 0.6 is 11.6 Å². The van der Waals surface area contributed by atoms with E-state index < -0.39 is 16.1 Å². The molecule has 2 amide bonds. The van der Waals surface area contributed by atoms with Gasteiger partial charge in [-0.1, -0.05) is 61.2 Å². The van der Waals surface area contributed by atoms with Gasteiger partial charge in [0.15, 0.2) is 0 Å². The number of carbonyl (C=O) groups is 2. The minimum atomic E-state index is -3.63. The Hall–Kier alpha value is -2.78. The van der Waals surface area contributed by atoms with Gasteiger partial charge in [0.05, 0.1) is 24.1 Å². The highest BCUT2D eigenvalue weighted by molar-refractivity contribution is 7.92. The van der Waals surface area contributed by atoms with Crippen LogP contribution in [0.5, 0.6) is 5.75 Å². The molecular formula is C29H40ClN3O5S. The van der Waals surface area contributed by atoms with E-state index in [4.69, 9.17) is 16.3 Å². The molecule has 3 rings (SSSR count). The molecular weight excluding hydrogens is 538 g/mol. The summed E-state index contributed by atoms with van der Waals surface area (Å²) in [6, 6.07) is 12.2. The number of nitrogens with zero attached hydrogens (tertiary/aromatic N) is 2. The summed E-state index contributed by atoms with van der Waals surface area (Å²) in [5, 5.41) is 3.44. The number of nitrogens with one attached hydrogen (secondary N) is 1. The van der Waals surface area contributed by atoms with Crippen LogP contribution in [0.4, 0.5) is 5.69 Å². The summed E-state index contributed by atoms with van der Waals surface area (Å²) in [6.45, 7) is 4.30. The molecule has 0 aliphatic heterocycles. The van der Waals surface area contributed by atoms with Crippen LogP contribution in [0.1, 0.15) is 63.0 Å². The summed E-state index contributed by atoms with van der Waals surface area (Å²) >= 11 is 6.23. The maximum Gasteiger partial charge on any atom is 0.243 e. The Balaban J connectivity index is 1.77. The zero-order valence-electron chi connectivity index (χ0n) is 23.3. The number of aryl methyl sites for hydroxylation is 1. The van der Waals surface area contributed by atoms with E-state index in [0.29, 0.717) is 29.4 Å². The maximum atomic E-state index is 13.6. The molecule has 0 spiro atoms. The third kappa shape index (κ3) is 8.60. The SMILES string of the molecule is CC[C@H](C(=O)NC1CCCC1)N(Cc1cccc(C)c1)C(=O)CCCN(c1ccc(OC)c(Cl)c1)S(C)(=O)=O. The lowest BCUT2D eigenvalue weighted by Gasteiger charge is -2.32. The minimum absolute atomic E-state index is 0.0922. The first-order chi connectivity index (χ1) is 18.5. The van der Waals surface area contributed by atoms with Crippen molar-refractivity contribution in [1.82, 2.24) is 10.2 Å². The molecule has 1 N–H and O–H groups in total. The number of ether oxygens (including phenoxy) is 1. The molecule has 0 saturated heterocycles. The van der Waals surface area contributed by atoms with Gasteiger partial charge in [0.2, 0.25) is 21.8 Å². The van der Waals surface area contributed by atoms with E-state index >= 15 is 0 Å². The summed E-state index contributed by atoms with van der Waals surface area (Å²) in [7, 11) is -2.14. The molecule has 1 atom stereocenters. The Bertz CT molecular complexity index is 1250. The van der Waals surface area contributed by atoms with Gasteiger partial charge in [-0.15, -0.1) is 0 Å². The number of rotatable bonds is 13. The van der Waals surface area contributed by atoms with Gasteiger partial charge in [-0.25, -0.2) is 8.42 Å². The Morgan fingerprint density at radius 3 is 2.46 bits per heavy atom. The normalized spacial score (nSPS) is 14.6. The second-order valence-corrected chi connectivity index (χ2v) is 12.5. The van der Waals surface area contributed by atoms with Crippen molar-refractivity contribution in [2.75, 3.05) is 24.2 Å². The predicted molar refractivity (Wildman–Crippen MR) is 156 cm³/mol. The quantitative estimate of drug-likeness (QED) is 0.358. The molecule has 1 aliphatic carbocycles. The number of halogens is 1. The summed E-state index contributed by atoms with van der Waals surface area (Å²) in [4.78, 5) is 28.6. The van der Waals surface area contributed by atoms with Gasteiger partial charge >= 0.3 is 0 Å². The summed E-state index contributed by atoms with van der Waals surface area (Å²) < 4.78 is 31.6. The number of anilines is 1. The van der Waals surface area contributed by atoms with E-state index in [2.05, 4.69) is 5.32 Å². The van der Waals surface area contributed by atoms with Crippen molar-refractivity contribution in [2.45, 2.75) is 77.4 Å². The number of amides is 2. The number of benzene rings is 2. The topological polar surface area (TPSA) is 96.0 Å². The first kappa shape index (κ1) is 30.8. The molecule has 0 aromatic heterocycles. The Morgan fingerprint density at radius 1 is 1.15 bits per heavy atom. The largest absolute Gasteiger partial charge is 0.495 e. The lowest BCUT2D eigenvalue weighted by Crippen LogP contribution is -2.51. The Kier molecular flexibility index (Phi) is 11.1. The fourth-order valence-corrected chi connectivity index (χ4v) is 6.32. The third-order valence-corrected chi connectivity index (χ3v) is 8.59. The number of sulfonamides is 1. The molecule has 10 heteroatoms. The summed E-state index contributed by atoms with van der Waals surface area (Å²) in [6.07, 6.45) is 6.10. The van der Waals surface area contributed by atoms with Crippen LogP contribution in [0.2, 0.25) is 5.02 Å². The maximum absolute atomic E-state index is 13.6. The van der Waals surface area contributed by atoms with E-state index in [9.17, 15) is 18.0 Å². The average Bonchev–Trinajstić information content (AvgIpc) is 3.38. The van der Waals surface area contributed by atoms with Crippen LogP contribution in [-0.2, 0) is 26.2 Å². The van der Waals surface area contributed by atoms with Crippen molar-refractivity contribution in [3.63, 3.8) is 0 Å². The molecule has 2 aromatic rings. The zero-order chi connectivity index (χ0) is 28.6. The number of methoxy groups -OCH3 is 1. The summed E-state index contributed by atoms with van der Waals surface area (Å²) in [5.74, 6) is 0.125. The second kappa shape index (κ2) is 14.0. The molecule has 1 fully saturated rings. The van der Waals surface area contributed by atoms with Gasteiger partial charge in [0, 0.05) is 25.6 Å². The van der Waals surface area contributed by atoms with Crippen LogP contribution in [0.25, 0.3) is 0 Å². The fraction of sp³-hybridized carbons (Fsp3) is 0.517. The van der Waals surface area contributed by atoms with Gasteiger partial charge in [-0.05, 0) is 56.4 Å². The Labute approximate surface area is 237 Å². The van der Waals surface area contributed by atoms with Crippen molar-refractivity contribution in [3.8, 4) is 5.75 Å². The number of hydrogen-bond acceptors (Lipinski definition) is 5. The van der Waals surface area contributed by atoms with Gasteiger partial charge in [0.1, 0.15) is 11.8 Å². The van der Waals surface area contributed by atoms with Crippen molar-refractivity contribution in [2.24, 2.45) is 0 Å². The molecule has 0 unspecified atom stereocenters. The first-order valence-corrected chi connectivity index (χ1v) is 15.7. The highest BCUT2D eigenvalue weighted by atomic mass is 35.5. The van der Waals surface area contributed by atoms with Crippen LogP contribution in [-0.4, -0.2) is 57.1 Å². The molecule has 2 aromatic carbocycles. The zero-order valence-corrected chi connectivity index (χ0v) is 24.9. The van der Waals surface area contributed by atoms with Crippen molar-refractivity contribution < 1.29 is 22.7 Å². The monoisotopic (exact) mass is 577 g/mol. The lowest BCUT2D eigenvalue weighted by atomic mass is 10.1. The van der Waals surface area contributed by atoms with Crippen molar-refractivity contribution in [1.29, 1.82) is 0 Å². The number of carbonyl (C=O) groups excluding carboxylic acids is 2. The van der Waals surface area contributed by atoms with Gasteiger partial charge in [0.25, 0.3) is 0 Å². The van der Waals surface area contributed by atoms with E-state index in [0.717, 1.165) is 43.1 Å². The van der Waals surface area contributed by atoms with Crippen LogP contribution in [0.3, 0.4) is 0 Å². The smallest absolute Gasteiger partial charge is 0.243 e. The molecule has 0 heterocycles. The first-order valence-electron chi connectivity index (χ1n) is 13.5. The number of hydrogen-bond donors (Lipinski definition) is 1. The highest BCUT2D eigenvalue weighted by Crippen LogP contribution is 2.30. The third-order valence-electron chi connectivity index (χ3n) is 7.10. The molecule has 0 bridgehead atoms. The predicted octanol–water partition coefficient (Wildman–Crippen LogP) is 5.07. The lowest BCUT2D eigenvalue weighted by molar-refractivity contribution is -0.141. The van der Waals surface area contributed by atoms with Gasteiger partial charge < -0.3 is 15.0 Å². The van der Waals surface area contributed by atoms with Gasteiger partial charge in [-0.3, -0.25) is 13.9 Å². The van der Waals surface area contributed by atoms with E-state index in [1.54, 1.807) is 17.0 Å². The van der Waals surface area contributed by atoms with Crippen molar-refractivity contribution >= 4 is 39.1 Å². The Morgan fingerprint density at radius 2 is 1.87 bits per heavy atom. The molecule has 0 radical (unpaired) electrons. The van der Waals surface area contributed by atoms with Gasteiger partial charge in [-0.2, -0.15) is 0 Å². The minimum Gasteiger partial charge on any atom is -0.495 e. The molecule has 214 valence electrons. The van der Waals surface area contributed by atoms with Crippen LogP contribution in [0, 0.1) is 6.92 Å². The van der Waals surface area contributed by atoms with Crippen LogP contribution in [0.15, 0.2) is 42.5 Å². The fourth-order valence-electron chi connectivity index (χ4n) is 5.11. The molecule has 8 nitrogen and oxygen atoms in total. The molecule has 1 aliphatic rings.